The zero-order chi connectivity index (χ0) is 18.0. The van der Waals surface area contributed by atoms with Gasteiger partial charge in [0, 0.05) is 17.5 Å². The molecule has 3 aromatic rings. The van der Waals surface area contributed by atoms with Gasteiger partial charge in [0.25, 0.3) is 0 Å². The molecule has 1 heterocycles. The average molecular weight is 362 g/mol. The molecule has 0 unspecified atom stereocenters. The highest BCUT2D eigenvalue weighted by Gasteiger charge is 2.18. The van der Waals surface area contributed by atoms with Crippen molar-refractivity contribution in [2.24, 2.45) is 0 Å². The molecule has 3 rings (SSSR count). The molecule has 0 saturated carbocycles. The number of halogens is 1. The lowest BCUT2D eigenvalue weighted by Gasteiger charge is -2.09. The molecule has 0 N–H and O–H groups in total. The maximum Gasteiger partial charge on any atom is 0.339 e. The van der Waals surface area contributed by atoms with Crippen LogP contribution in [0.1, 0.15) is 18.9 Å². The van der Waals surface area contributed by atoms with E-state index in [1.807, 2.05) is 6.92 Å². The van der Waals surface area contributed by atoms with Crippen LogP contribution in [0.2, 0.25) is 0 Å². The second-order valence-corrected chi connectivity index (χ2v) is 7.04. The Balaban J connectivity index is 2.01. The second-order valence-electron chi connectivity index (χ2n) is 5.49. The van der Waals surface area contributed by atoms with E-state index in [1.54, 1.807) is 6.07 Å². The summed E-state index contributed by atoms with van der Waals surface area (Å²) in [7, 11) is -4.19. The van der Waals surface area contributed by atoms with Gasteiger partial charge in [0.2, 0.25) is 0 Å². The van der Waals surface area contributed by atoms with Gasteiger partial charge in [-0.1, -0.05) is 19.4 Å². The minimum atomic E-state index is -4.19. The number of hydrogen-bond acceptors (Lipinski definition) is 5. The number of aryl methyl sites for hydroxylation is 1. The SMILES string of the molecule is CCCc1cc(=O)oc2cc(OS(=O)(=O)c3cccc(F)c3)ccc12. The summed E-state index contributed by atoms with van der Waals surface area (Å²) in [6.45, 7) is 1.99. The summed E-state index contributed by atoms with van der Waals surface area (Å²) in [5.74, 6) is -0.702. The number of benzene rings is 2. The zero-order valence-corrected chi connectivity index (χ0v) is 14.2. The Morgan fingerprint density at radius 2 is 1.92 bits per heavy atom. The first-order chi connectivity index (χ1) is 11.9. The van der Waals surface area contributed by atoms with Crippen molar-refractivity contribution in [1.29, 1.82) is 0 Å². The summed E-state index contributed by atoms with van der Waals surface area (Å²) in [4.78, 5) is 11.4. The Bertz CT molecular complexity index is 1090. The van der Waals surface area contributed by atoms with Crippen LogP contribution >= 0.6 is 0 Å². The standard InChI is InChI=1S/C18H15FO5S/c1-2-4-12-9-18(20)23-17-11-14(7-8-16(12)17)24-25(21,22)15-6-3-5-13(19)10-15/h3,5-11H,2,4H2,1H3. The van der Waals surface area contributed by atoms with Crippen molar-refractivity contribution in [1.82, 2.24) is 0 Å². The molecule has 0 aliphatic carbocycles. The molecule has 0 fully saturated rings. The van der Waals surface area contributed by atoms with E-state index < -0.39 is 21.6 Å². The third-order valence-electron chi connectivity index (χ3n) is 3.61. The minimum Gasteiger partial charge on any atom is -0.423 e. The first-order valence-corrected chi connectivity index (χ1v) is 9.07. The van der Waals surface area contributed by atoms with Crippen LogP contribution < -0.4 is 9.81 Å². The molecular weight excluding hydrogens is 347 g/mol. The molecule has 5 nitrogen and oxygen atoms in total. The summed E-state index contributed by atoms with van der Waals surface area (Å²) in [6, 6.07) is 10.4. The number of fused-ring (bicyclic) bond motifs is 1. The zero-order valence-electron chi connectivity index (χ0n) is 13.4. The van der Waals surface area contributed by atoms with Crippen LogP contribution in [-0.4, -0.2) is 8.42 Å². The van der Waals surface area contributed by atoms with Crippen LogP contribution in [0.3, 0.4) is 0 Å². The topological polar surface area (TPSA) is 73.6 Å². The Labute approximate surface area is 143 Å². The molecule has 0 atom stereocenters. The van der Waals surface area contributed by atoms with E-state index in [-0.39, 0.29) is 16.2 Å². The predicted molar refractivity (Wildman–Crippen MR) is 90.7 cm³/mol. The Morgan fingerprint density at radius 1 is 1.12 bits per heavy atom. The Morgan fingerprint density at radius 3 is 2.64 bits per heavy atom. The fourth-order valence-electron chi connectivity index (χ4n) is 2.54. The molecule has 0 amide bonds. The number of rotatable bonds is 5. The first-order valence-electron chi connectivity index (χ1n) is 7.66. The van der Waals surface area contributed by atoms with E-state index in [0.29, 0.717) is 6.42 Å². The maximum absolute atomic E-state index is 13.2. The molecule has 0 radical (unpaired) electrons. The van der Waals surface area contributed by atoms with Crippen molar-refractivity contribution in [3.05, 3.63) is 70.3 Å². The van der Waals surface area contributed by atoms with E-state index in [2.05, 4.69) is 0 Å². The van der Waals surface area contributed by atoms with Gasteiger partial charge in [-0.25, -0.2) is 9.18 Å². The molecular formula is C18H15FO5S. The van der Waals surface area contributed by atoms with Crippen LogP contribution in [0.25, 0.3) is 11.0 Å². The molecule has 0 saturated heterocycles. The normalized spacial score (nSPS) is 11.6. The molecule has 25 heavy (non-hydrogen) atoms. The van der Waals surface area contributed by atoms with Gasteiger partial charge in [-0.15, -0.1) is 0 Å². The fourth-order valence-corrected chi connectivity index (χ4v) is 3.49. The highest BCUT2D eigenvalue weighted by atomic mass is 32.2. The van der Waals surface area contributed by atoms with Crippen LogP contribution in [0.5, 0.6) is 5.75 Å². The van der Waals surface area contributed by atoms with Gasteiger partial charge >= 0.3 is 15.7 Å². The van der Waals surface area contributed by atoms with Crippen LogP contribution in [0, 0.1) is 5.82 Å². The lowest BCUT2D eigenvalue weighted by Crippen LogP contribution is -2.10. The fraction of sp³-hybridized carbons (Fsp3) is 0.167. The quantitative estimate of drug-likeness (QED) is 0.512. The van der Waals surface area contributed by atoms with Crippen LogP contribution in [0.15, 0.2) is 62.6 Å². The summed E-state index contributed by atoms with van der Waals surface area (Å²) in [6.07, 6.45) is 1.55. The van der Waals surface area contributed by atoms with Crippen molar-refractivity contribution in [3.8, 4) is 5.75 Å². The third-order valence-corrected chi connectivity index (χ3v) is 4.85. The third kappa shape index (κ3) is 3.71. The summed E-state index contributed by atoms with van der Waals surface area (Å²) < 4.78 is 47.9. The molecule has 0 aliphatic rings. The van der Waals surface area contributed by atoms with E-state index >= 15 is 0 Å². The largest absolute Gasteiger partial charge is 0.423 e. The molecule has 2 aromatic carbocycles. The van der Waals surface area contributed by atoms with Gasteiger partial charge in [-0.05, 0) is 42.3 Å². The lowest BCUT2D eigenvalue weighted by molar-refractivity contribution is 0.483. The number of hydrogen-bond donors (Lipinski definition) is 0. The first kappa shape index (κ1) is 17.2. The van der Waals surface area contributed by atoms with Crippen molar-refractivity contribution in [3.63, 3.8) is 0 Å². The van der Waals surface area contributed by atoms with E-state index in [9.17, 15) is 17.6 Å². The highest BCUT2D eigenvalue weighted by molar-refractivity contribution is 7.87. The van der Waals surface area contributed by atoms with E-state index in [4.69, 9.17) is 8.60 Å². The molecule has 0 spiro atoms. The van der Waals surface area contributed by atoms with Gasteiger partial charge in [-0.3, -0.25) is 0 Å². The van der Waals surface area contributed by atoms with Gasteiger partial charge in [0.1, 0.15) is 22.0 Å². The van der Waals surface area contributed by atoms with Crippen LogP contribution in [0.4, 0.5) is 4.39 Å². The van der Waals surface area contributed by atoms with Gasteiger partial charge in [0.15, 0.2) is 0 Å². The van der Waals surface area contributed by atoms with Crippen molar-refractivity contribution >= 4 is 21.1 Å². The van der Waals surface area contributed by atoms with Crippen molar-refractivity contribution in [2.45, 2.75) is 24.7 Å². The van der Waals surface area contributed by atoms with Gasteiger partial charge in [0.05, 0.1) is 0 Å². The lowest BCUT2D eigenvalue weighted by atomic mass is 10.1. The molecule has 130 valence electrons. The van der Waals surface area contributed by atoms with Gasteiger partial charge < -0.3 is 8.60 Å². The average Bonchev–Trinajstić information content (AvgIpc) is 2.54. The summed E-state index contributed by atoms with van der Waals surface area (Å²) in [5, 5.41) is 0.719. The molecule has 7 heteroatoms. The maximum atomic E-state index is 13.2. The van der Waals surface area contributed by atoms with Gasteiger partial charge in [-0.2, -0.15) is 8.42 Å². The minimum absolute atomic E-state index is 0.0199. The second kappa shape index (κ2) is 6.68. The Hall–Kier alpha value is -2.67. The highest BCUT2D eigenvalue weighted by Crippen LogP contribution is 2.26. The summed E-state index contributed by atoms with van der Waals surface area (Å²) in [5.41, 5.74) is 0.553. The molecule has 1 aromatic heterocycles. The smallest absolute Gasteiger partial charge is 0.339 e. The predicted octanol–water partition coefficient (Wildman–Crippen LogP) is 3.65. The Kier molecular flexibility index (Phi) is 4.59. The van der Waals surface area contributed by atoms with Crippen molar-refractivity contribution < 1.29 is 21.4 Å². The van der Waals surface area contributed by atoms with E-state index in [1.165, 1.54) is 30.3 Å². The summed E-state index contributed by atoms with van der Waals surface area (Å²) >= 11 is 0. The van der Waals surface area contributed by atoms with E-state index in [0.717, 1.165) is 29.5 Å². The van der Waals surface area contributed by atoms with Crippen molar-refractivity contribution in [2.75, 3.05) is 0 Å². The monoisotopic (exact) mass is 362 g/mol. The molecule has 0 aliphatic heterocycles. The molecule has 0 bridgehead atoms. The van der Waals surface area contributed by atoms with Crippen LogP contribution in [-0.2, 0) is 16.5 Å².